The molecule has 0 spiro atoms. The minimum Gasteiger partial charge on any atom is -0.376 e. The Morgan fingerprint density at radius 1 is 1.11 bits per heavy atom. The van der Waals surface area contributed by atoms with E-state index in [0.717, 1.165) is 61.2 Å². The summed E-state index contributed by atoms with van der Waals surface area (Å²) in [7, 11) is 0. The molecular weight excluding hydrogens is 514 g/mol. The largest absolute Gasteiger partial charge is 0.376 e. The predicted molar refractivity (Wildman–Crippen MR) is 158 cm³/mol. The van der Waals surface area contributed by atoms with Crippen molar-refractivity contribution in [2.75, 3.05) is 29.5 Å². The molecule has 0 aliphatic carbocycles. The zero-order valence-electron chi connectivity index (χ0n) is 22.1. The van der Waals surface area contributed by atoms with Gasteiger partial charge in [0.05, 0.1) is 28.5 Å². The first-order chi connectivity index (χ1) is 18.5. The average Bonchev–Trinajstić information content (AvgIpc) is 3.65. The Labute approximate surface area is 235 Å². The Balaban J connectivity index is 1.37. The van der Waals surface area contributed by atoms with Gasteiger partial charge in [-0.25, -0.2) is 0 Å². The first-order valence-corrected chi connectivity index (χ1v) is 14.6. The number of pyridine rings is 1. The van der Waals surface area contributed by atoms with Crippen LogP contribution in [0.3, 0.4) is 0 Å². The van der Waals surface area contributed by atoms with Gasteiger partial charge >= 0.3 is 0 Å². The van der Waals surface area contributed by atoms with Crippen LogP contribution in [0.2, 0.25) is 5.02 Å². The summed E-state index contributed by atoms with van der Waals surface area (Å²) in [4.78, 5) is 9.36. The number of nitrogens with zero attached hydrogens (tertiary/aromatic N) is 4. The summed E-state index contributed by atoms with van der Waals surface area (Å²) in [5, 5.41) is 5.03. The maximum atomic E-state index is 6.99. The molecule has 3 saturated heterocycles. The van der Waals surface area contributed by atoms with E-state index in [1.165, 1.54) is 12.1 Å². The summed E-state index contributed by atoms with van der Waals surface area (Å²) in [6.45, 7) is 8.40. The second-order valence-corrected chi connectivity index (χ2v) is 12.0. The molecule has 200 valence electrons. The number of nitrogens with one attached hydrogen (secondary N) is 1. The van der Waals surface area contributed by atoms with Gasteiger partial charge in [-0.05, 0) is 85.8 Å². The quantitative estimate of drug-likeness (QED) is 0.360. The molecule has 2 aromatic heterocycles. The Morgan fingerprint density at radius 2 is 1.95 bits per heavy atom. The van der Waals surface area contributed by atoms with Crippen LogP contribution in [-0.2, 0) is 11.3 Å². The summed E-state index contributed by atoms with van der Waals surface area (Å²) >= 11 is 13.0. The lowest BCUT2D eigenvalue weighted by Gasteiger charge is -2.37. The number of hydrogen-bond donors (Lipinski definition) is 1. The minimum absolute atomic E-state index is 0.0780. The highest BCUT2D eigenvalue weighted by molar-refractivity contribution is 7.80. The molecule has 8 heteroatoms. The third-order valence-corrected chi connectivity index (χ3v) is 8.73. The fourth-order valence-corrected chi connectivity index (χ4v) is 7.21. The molecule has 1 N–H and O–H groups in total. The molecule has 5 heterocycles. The van der Waals surface area contributed by atoms with E-state index >= 15 is 0 Å². The van der Waals surface area contributed by atoms with Crippen LogP contribution < -0.4 is 15.1 Å². The van der Waals surface area contributed by atoms with Gasteiger partial charge in [0.1, 0.15) is 6.04 Å². The maximum Gasteiger partial charge on any atom is 0.174 e. The van der Waals surface area contributed by atoms with Crippen molar-refractivity contribution in [3.05, 3.63) is 77.3 Å². The lowest BCUT2D eigenvalue weighted by Crippen LogP contribution is -2.39. The molecule has 6 nitrogen and oxygen atoms in total. The molecule has 3 aromatic rings. The predicted octanol–water partition coefficient (Wildman–Crippen LogP) is 6.37. The van der Waals surface area contributed by atoms with Crippen molar-refractivity contribution in [2.45, 2.75) is 57.8 Å². The fraction of sp³-hybridized carbons (Fsp3) is 0.467. The van der Waals surface area contributed by atoms with Gasteiger partial charge in [0.25, 0.3) is 0 Å². The van der Waals surface area contributed by atoms with Crippen LogP contribution >= 0.6 is 23.8 Å². The standard InChI is InChI=1S/C30H36ClN5OS/c1-20-15-21(2)18-35(17-20)26-11-10-22(16-24(26)31)36-29(28(33-30(36)38)25-8-3-4-12-32-25)27-9-5-13-34(27)19-23-7-6-14-37-23/h3-5,8-13,16,20-21,23,28-29H,6-7,14-15,17-19H2,1-2H3,(H,33,38). The van der Waals surface area contributed by atoms with Gasteiger partial charge in [-0.2, -0.15) is 0 Å². The first-order valence-electron chi connectivity index (χ1n) is 13.8. The molecule has 1 aromatic carbocycles. The third-order valence-electron chi connectivity index (χ3n) is 8.11. The van der Waals surface area contributed by atoms with Crippen LogP contribution in [0.4, 0.5) is 11.4 Å². The van der Waals surface area contributed by atoms with E-state index in [2.05, 4.69) is 76.1 Å². The number of halogens is 1. The highest BCUT2D eigenvalue weighted by Gasteiger charge is 2.42. The average molecular weight is 550 g/mol. The summed E-state index contributed by atoms with van der Waals surface area (Å²) < 4.78 is 8.30. The van der Waals surface area contributed by atoms with Crippen molar-refractivity contribution in [1.82, 2.24) is 14.9 Å². The molecule has 0 amide bonds. The summed E-state index contributed by atoms with van der Waals surface area (Å²) in [5.74, 6) is 1.31. The molecule has 0 bridgehead atoms. The summed E-state index contributed by atoms with van der Waals surface area (Å²) in [5.41, 5.74) is 4.24. The number of benzene rings is 1. The second kappa shape index (κ2) is 10.9. The van der Waals surface area contributed by atoms with Gasteiger partial charge in [-0.15, -0.1) is 0 Å². The van der Waals surface area contributed by atoms with Crippen LogP contribution in [0, 0.1) is 11.8 Å². The van der Waals surface area contributed by atoms with Gasteiger partial charge in [0, 0.05) is 50.0 Å². The zero-order chi connectivity index (χ0) is 26.2. The fourth-order valence-electron chi connectivity index (χ4n) is 6.56. The number of ether oxygens (including phenoxy) is 1. The van der Waals surface area contributed by atoms with Crippen molar-refractivity contribution >= 4 is 40.3 Å². The monoisotopic (exact) mass is 549 g/mol. The van der Waals surface area contributed by atoms with Gasteiger partial charge in [-0.1, -0.05) is 31.5 Å². The molecular formula is C30H36ClN5OS. The Morgan fingerprint density at radius 3 is 2.66 bits per heavy atom. The van der Waals surface area contributed by atoms with E-state index in [9.17, 15) is 0 Å². The number of rotatable bonds is 6. The number of aromatic nitrogens is 2. The molecule has 3 aliphatic heterocycles. The number of anilines is 2. The van der Waals surface area contributed by atoms with E-state index in [1.807, 2.05) is 18.3 Å². The highest BCUT2D eigenvalue weighted by atomic mass is 35.5. The molecule has 5 atom stereocenters. The summed E-state index contributed by atoms with van der Waals surface area (Å²) in [6, 6.07) is 16.6. The van der Waals surface area contributed by atoms with Crippen LogP contribution in [0.1, 0.15) is 56.6 Å². The molecule has 0 radical (unpaired) electrons. The van der Waals surface area contributed by atoms with Crippen molar-refractivity contribution < 1.29 is 4.74 Å². The molecule has 3 fully saturated rings. The number of piperidine rings is 1. The zero-order valence-corrected chi connectivity index (χ0v) is 23.7. The third kappa shape index (κ3) is 5.04. The smallest absolute Gasteiger partial charge is 0.174 e. The maximum absolute atomic E-state index is 6.99. The van der Waals surface area contributed by atoms with Crippen molar-refractivity contribution in [3.63, 3.8) is 0 Å². The van der Waals surface area contributed by atoms with E-state index in [0.29, 0.717) is 16.9 Å². The van der Waals surface area contributed by atoms with Crippen molar-refractivity contribution in [2.24, 2.45) is 11.8 Å². The van der Waals surface area contributed by atoms with Gasteiger partial charge < -0.3 is 24.4 Å². The van der Waals surface area contributed by atoms with Gasteiger partial charge in [0.15, 0.2) is 5.11 Å². The van der Waals surface area contributed by atoms with Crippen molar-refractivity contribution in [1.29, 1.82) is 0 Å². The van der Waals surface area contributed by atoms with Crippen LogP contribution in [0.15, 0.2) is 60.9 Å². The van der Waals surface area contributed by atoms with Crippen LogP contribution in [0.5, 0.6) is 0 Å². The molecule has 5 unspecified atom stereocenters. The lowest BCUT2D eigenvalue weighted by molar-refractivity contribution is 0.0961. The molecule has 6 rings (SSSR count). The highest BCUT2D eigenvalue weighted by Crippen LogP contribution is 2.44. The lowest BCUT2D eigenvalue weighted by atomic mass is 9.91. The SMILES string of the molecule is CC1CC(C)CN(c2ccc(N3C(=S)NC(c4ccccn4)C3c3cccn3CC3CCCO3)cc2Cl)C1. The number of thiocarbonyl (C=S) groups is 1. The van der Waals surface area contributed by atoms with E-state index in [4.69, 9.17) is 33.5 Å². The van der Waals surface area contributed by atoms with E-state index in [-0.39, 0.29) is 18.2 Å². The molecule has 0 saturated carbocycles. The topological polar surface area (TPSA) is 45.6 Å². The molecule has 3 aliphatic rings. The van der Waals surface area contributed by atoms with E-state index in [1.54, 1.807) is 0 Å². The van der Waals surface area contributed by atoms with Crippen molar-refractivity contribution in [3.8, 4) is 0 Å². The molecule has 38 heavy (non-hydrogen) atoms. The van der Waals surface area contributed by atoms with Gasteiger partial charge in [0.2, 0.25) is 0 Å². The van der Waals surface area contributed by atoms with Gasteiger partial charge in [-0.3, -0.25) is 4.98 Å². The van der Waals surface area contributed by atoms with E-state index < -0.39 is 0 Å². The Kier molecular flexibility index (Phi) is 7.34. The Hall–Kier alpha value is -2.61. The van der Waals surface area contributed by atoms with Crippen LogP contribution in [-0.4, -0.2) is 40.5 Å². The summed E-state index contributed by atoms with van der Waals surface area (Å²) in [6.07, 6.45) is 7.72. The first kappa shape index (κ1) is 25.7. The second-order valence-electron chi connectivity index (χ2n) is 11.2. The normalized spacial score (nSPS) is 27.7. The Bertz CT molecular complexity index is 1270. The minimum atomic E-state index is -0.0934. The van der Waals surface area contributed by atoms with Crippen LogP contribution in [0.25, 0.3) is 0 Å². The number of hydrogen-bond acceptors (Lipinski definition) is 4.